The number of aromatic nitrogens is 1. The molecular formula is C18H18F3N2O3P. The van der Waals surface area contributed by atoms with Crippen LogP contribution in [-0.4, -0.2) is 19.2 Å². The van der Waals surface area contributed by atoms with Gasteiger partial charge in [0, 0.05) is 42.6 Å². The standard InChI is InChI=1S/C18H18F3N2O3P/c1-25-27(24,26-2)17(15-11-22-16-9-4-3-8-14(15)16)23-13-7-5-6-12(10-13)18(19,20)21/h3-11,17,22-23H,1-2H3. The van der Waals surface area contributed by atoms with Crippen LogP contribution in [0.3, 0.4) is 0 Å². The van der Waals surface area contributed by atoms with Crippen LogP contribution in [0.15, 0.2) is 54.7 Å². The fourth-order valence-electron chi connectivity index (χ4n) is 2.88. The van der Waals surface area contributed by atoms with Gasteiger partial charge in [-0.05, 0) is 24.3 Å². The first-order valence-corrected chi connectivity index (χ1v) is 9.60. The summed E-state index contributed by atoms with van der Waals surface area (Å²) >= 11 is 0. The van der Waals surface area contributed by atoms with Gasteiger partial charge in [-0.2, -0.15) is 13.2 Å². The minimum atomic E-state index is -4.49. The smallest absolute Gasteiger partial charge is 0.368 e. The van der Waals surface area contributed by atoms with Gasteiger partial charge in [-0.1, -0.05) is 24.3 Å². The first-order chi connectivity index (χ1) is 12.8. The van der Waals surface area contributed by atoms with Gasteiger partial charge in [0.25, 0.3) is 0 Å². The lowest BCUT2D eigenvalue weighted by molar-refractivity contribution is -0.137. The van der Waals surface area contributed by atoms with E-state index in [4.69, 9.17) is 9.05 Å². The van der Waals surface area contributed by atoms with Gasteiger partial charge >= 0.3 is 13.8 Å². The van der Waals surface area contributed by atoms with Crippen LogP contribution in [0, 0.1) is 0 Å². The minimum Gasteiger partial charge on any atom is -0.368 e. The Bertz CT molecular complexity index is 979. The first-order valence-electron chi connectivity index (χ1n) is 7.99. The highest BCUT2D eigenvalue weighted by atomic mass is 31.2. The third-order valence-electron chi connectivity index (χ3n) is 4.23. The molecule has 2 aromatic carbocycles. The van der Waals surface area contributed by atoms with Crippen LogP contribution in [0.25, 0.3) is 10.9 Å². The third kappa shape index (κ3) is 3.88. The number of aromatic amines is 1. The summed E-state index contributed by atoms with van der Waals surface area (Å²) < 4.78 is 62.4. The van der Waals surface area contributed by atoms with Gasteiger partial charge in [0.2, 0.25) is 0 Å². The van der Waals surface area contributed by atoms with Crippen molar-refractivity contribution in [3.63, 3.8) is 0 Å². The molecule has 1 heterocycles. The number of H-pyrrole nitrogens is 1. The molecule has 2 N–H and O–H groups in total. The van der Waals surface area contributed by atoms with Gasteiger partial charge in [0.1, 0.15) is 0 Å². The van der Waals surface area contributed by atoms with Gasteiger partial charge in [-0.25, -0.2) is 0 Å². The number of nitrogens with one attached hydrogen (secondary N) is 2. The largest absolute Gasteiger partial charge is 0.416 e. The summed E-state index contributed by atoms with van der Waals surface area (Å²) in [6.45, 7) is 0. The molecule has 0 spiro atoms. The Morgan fingerprint density at radius 1 is 1.07 bits per heavy atom. The molecule has 27 heavy (non-hydrogen) atoms. The summed E-state index contributed by atoms with van der Waals surface area (Å²) in [5.41, 5.74) is 0.696. The van der Waals surface area contributed by atoms with E-state index in [2.05, 4.69) is 10.3 Å². The van der Waals surface area contributed by atoms with Crippen molar-refractivity contribution in [2.45, 2.75) is 12.0 Å². The predicted molar refractivity (Wildman–Crippen MR) is 97.7 cm³/mol. The maximum Gasteiger partial charge on any atom is 0.416 e. The van der Waals surface area contributed by atoms with Crippen LogP contribution in [0.5, 0.6) is 0 Å². The van der Waals surface area contributed by atoms with Crippen molar-refractivity contribution in [2.75, 3.05) is 19.5 Å². The predicted octanol–water partition coefficient (Wildman–Crippen LogP) is 5.78. The Morgan fingerprint density at radius 2 is 1.78 bits per heavy atom. The molecule has 144 valence electrons. The van der Waals surface area contributed by atoms with E-state index < -0.39 is 25.1 Å². The number of fused-ring (bicyclic) bond motifs is 1. The molecule has 0 aliphatic carbocycles. The summed E-state index contributed by atoms with van der Waals surface area (Å²) in [5.74, 6) is -1.01. The molecule has 9 heteroatoms. The molecule has 0 saturated heterocycles. The zero-order chi connectivity index (χ0) is 19.7. The summed E-state index contributed by atoms with van der Waals surface area (Å²) in [5, 5.41) is 3.66. The Hall–Kier alpha value is -2.28. The van der Waals surface area contributed by atoms with E-state index in [1.54, 1.807) is 6.20 Å². The highest BCUT2D eigenvalue weighted by molar-refractivity contribution is 7.54. The Labute approximate surface area is 154 Å². The van der Waals surface area contributed by atoms with Crippen molar-refractivity contribution in [3.8, 4) is 0 Å². The highest BCUT2D eigenvalue weighted by Crippen LogP contribution is 2.60. The normalized spacial score (nSPS) is 13.7. The molecule has 3 rings (SSSR count). The van der Waals surface area contributed by atoms with E-state index in [-0.39, 0.29) is 5.69 Å². The van der Waals surface area contributed by atoms with Crippen LogP contribution in [0.4, 0.5) is 18.9 Å². The molecule has 0 aliphatic heterocycles. The zero-order valence-corrected chi connectivity index (χ0v) is 15.5. The van der Waals surface area contributed by atoms with Gasteiger partial charge in [-0.3, -0.25) is 4.57 Å². The number of alkyl halides is 3. The number of halogens is 3. The van der Waals surface area contributed by atoms with Crippen molar-refractivity contribution in [3.05, 3.63) is 65.9 Å². The lowest BCUT2D eigenvalue weighted by Gasteiger charge is -2.26. The molecule has 0 fully saturated rings. The Kier molecular flexibility index (Phi) is 5.33. The zero-order valence-electron chi connectivity index (χ0n) is 14.6. The van der Waals surface area contributed by atoms with Crippen molar-refractivity contribution >= 4 is 24.2 Å². The Balaban J connectivity index is 2.08. The maximum atomic E-state index is 13.1. The summed E-state index contributed by atoms with van der Waals surface area (Å²) in [6, 6.07) is 12.0. The van der Waals surface area contributed by atoms with Crippen molar-refractivity contribution in [1.29, 1.82) is 0 Å². The van der Waals surface area contributed by atoms with Gasteiger partial charge in [-0.15, -0.1) is 0 Å². The number of benzene rings is 2. The van der Waals surface area contributed by atoms with Crippen LogP contribution >= 0.6 is 7.60 Å². The van der Waals surface area contributed by atoms with Crippen LogP contribution in [0.1, 0.15) is 16.9 Å². The molecule has 0 bridgehead atoms. The molecule has 0 aliphatic rings. The second-order valence-corrected chi connectivity index (χ2v) is 8.15. The SMILES string of the molecule is COP(=O)(OC)C(Nc1cccc(C(F)(F)F)c1)c1c[nH]c2ccccc12. The second-order valence-electron chi connectivity index (χ2n) is 5.82. The van der Waals surface area contributed by atoms with Gasteiger partial charge < -0.3 is 19.3 Å². The van der Waals surface area contributed by atoms with Gasteiger partial charge in [0.05, 0.1) is 5.56 Å². The molecule has 0 radical (unpaired) electrons. The maximum absolute atomic E-state index is 13.1. The second kappa shape index (κ2) is 7.38. The molecule has 1 unspecified atom stereocenters. The van der Waals surface area contributed by atoms with Crippen molar-refractivity contribution < 1.29 is 26.8 Å². The van der Waals surface area contributed by atoms with Crippen LogP contribution < -0.4 is 5.32 Å². The summed E-state index contributed by atoms with van der Waals surface area (Å²) in [6.07, 6.45) is -2.85. The molecule has 5 nitrogen and oxygen atoms in total. The summed E-state index contributed by atoms with van der Waals surface area (Å²) in [7, 11) is -1.25. The molecule has 0 saturated carbocycles. The fraction of sp³-hybridized carbons (Fsp3) is 0.222. The monoisotopic (exact) mass is 398 g/mol. The van der Waals surface area contributed by atoms with Gasteiger partial charge in [0.15, 0.2) is 5.78 Å². The van der Waals surface area contributed by atoms with Crippen LogP contribution in [0.2, 0.25) is 0 Å². The van der Waals surface area contributed by atoms with E-state index >= 15 is 0 Å². The number of anilines is 1. The number of rotatable bonds is 6. The average molecular weight is 398 g/mol. The van der Waals surface area contributed by atoms with E-state index in [0.717, 1.165) is 23.0 Å². The molecule has 3 aromatic rings. The molecule has 1 aromatic heterocycles. The average Bonchev–Trinajstić information content (AvgIpc) is 3.09. The highest BCUT2D eigenvalue weighted by Gasteiger charge is 2.38. The lowest BCUT2D eigenvalue weighted by atomic mass is 10.1. The number of hydrogen-bond acceptors (Lipinski definition) is 4. The van der Waals surface area contributed by atoms with E-state index in [0.29, 0.717) is 5.56 Å². The third-order valence-corrected chi connectivity index (χ3v) is 6.29. The number of para-hydroxylation sites is 1. The summed E-state index contributed by atoms with van der Waals surface area (Å²) in [4.78, 5) is 3.06. The van der Waals surface area contributed by atoms with Crippen molar-refractivity contribution in [2.24, 2.45) is 0 Å². The Morgan fingerprint density at radius 3 is 2.44 bits per heavy atom. The van der Waals surface area contributed by atoms with Crippen LogP contribution in [-0.2, 0) is 19.8 Å². The minimum absolute atomic E-state index is 0.148. The molecular weight excluding hydrogens is 380 g/mol. The van der Waals surface area contributed by atoms with E-state index in [9.17, 15) is 17.7 Å². The topological polar surface area (TPSA) is 63.4 Å². The fourth-order valence-corrected chi connectivity index (χ4v) is 4.31. The quantitative estimate of drug-likeness (QED) is 0.517. The van der Waals surface area contributed by atoms with E-state index in [1.807, 2.05) is 24.3 Å². The first kappa shape index (κ1) is 19.5. The number of hydrogen-bond donors (Lipinski definition) is 2. The lowest BCUT2D eigenvalue weighted by Crippen LogP contribution is -2.14. The van der Waals surface area contributed by atoms with Crippen molar-refractivity contribution in [1.82, 2.24) is 4.98 Å². The van der Waals surface area contributed by atoms with E-state index in [1.165, 1.54) is 26.4 Å². The molecule has 1 atom stereocenters. The molecule has 0 amide bonds.